The lowest BCUT2D eigenvalue weighted by Crippen LogP contribution is -2.15. The summed E-state index contributed by atoms with van der Waals surface area (Å²) >= 11 is 4.22. The Morgan fingerprint density at radius 3 is 2.50 bits per heavy atom. The van der Waals surface area contributed by atoms with Gasteiger partial charge in [0.1, 0.15) is 5.75 Å². The van der Waals surface area contributed by atoms with Gasteiger partial charge in [0, 0.05) is 10.6 Å². The smallest absolute Gasteiger partial charge is 0.228 e. The summed E-state index contributed by atoms with van der Waals surface area (Å²) in [5.74, 6) is 0.745. The quantitative estimate of drug-likeness (QED) is 0.845. The second kappa shape index (κ2) is 6.48. The van der Waals surface area contributed by atoms with Crippen LogP contribution in [0.15, 0.2) is 47.4 Å². The summed E-state index contributed by atoms with van der Waals surface area (Å²) in [6.07, 6.45) is 0.347. The van der Waals surface area contributed by atoms with Crippen molar-refractivity contribution in [1.29, 1.82) is 0 Å². The molecule has 1 N–H and O–H groups in total. The third-order valence-corrected chi connectivity index (χ3v) is 3.31. The Hall–Kier alpha value is -1.94. The molecule has 0 saturated heterocycles. The van der Waals surface area contributed by atoms with Gasteiger partial charge in [-0.3, -0.25) is 4.79 Å². The summed E-state index contributed by atoms with van der Waals surface area (Å²) < 4.78 is 5.14. The maximum absolute atomic E-state index is 12.0. The fourth-order valence-electron chi connectivity index (χ4n) is 1.90. The number of benzene rings is 2. The van der Waals surface area contributed by atoms with E-state index in [9.17, 15) is 4.79 Å². The average molecular weight is 287 g/mol. The van der Waals surface area contributed by atoms with Crippen molar-refractivity contribution in [2.75, 3.05) is 12.4 Å². The molecule has 0 aliphatic heterocycles. The molecular weight excluding hydrogens is 270 g/mol. The third-order valence-electron chi connectivity index (χ3n) is 3.01. The molecule has 1 amide bonds. The van der Waals surface area contributed by atoms with Crippen LogP contribution >= 0.6 is 12.6 Å². The number of aryl methyl sites for hydroxylation is 1. The van der Waals surface area contributed by atoms with E-state index in [1.807, 2.05) is 49.4 Å². The van der Waals surface area contributed by atoms with E-state index in [4.69, 9.17) is 4.74 Å². The predicted molar refractivity (Wildman–Crippen MR) is 83.8 cm³/mol. The summed E-state index contributed by atoms with van der Waals surface area (Å²) in [6.45, 7) is 1.94. The molecule has 0 unspecified atom stereocenters. The molecule has 20 heavy (non-hydrogen) atoms. The minimum atomic E-state index is -0.0369. The first kappa shape index (κ1) is 14.5. The molecule has 0 bridgehead atoms. The van der Waals surface area contributed by atoms with Crippen molar-refractivity contribution in [3.63, 3.8) is 0 Å². The Labute approximate surface area is 124 Å². The molecule has 3 nitrogen and oxygen atoms in total. The van der Waals surface area contributed by atoms with Crippen LogP contribution in [0.4, 0.5) is 5.69 Å². The van der Waals surface area contributed by atoms with Gasteiger partial charge in [0.2, 0.25) is 5.91 Å². The molecule has 0 radical (unpaired) electrons. The molecule has 2 rings (SSSR count). The van der Waals surface area contributed by atoms with E-state index in [1.165, 1.54) is 0 Å². The summed E-state index contributed by atoms with van der Waals surface area (Å²) in [5.41, 5.74) is 2.75. The first-order chi connectivity index (χ1) is 9.58. The Morgan fingerprint density at radius 2 is 1.90 bits per heavy atom. The molecular formula is C16H17NO2S. The number of anilines is 1. The van der Waals surface area contributed by atoms with E-state index in [1.54, 1.807) is 7.11 Å². The molecule has 0 heterocycles. The van der Waals surface area contributed by atoms with Crippen LogP contribution in [-0.4, -0.2) is 13.0 Å². The van der Waals surface area contributed by atoms with E-state index in [0.717, 1.165) is 27.5 Å². The predicted octanol–water partition coefficient (Wildman–Crippen LogP) is 3.47. The molecule has 0 aromatic heterocycles. The molecule has 2 aromatic carbocycles. The standard InChI is InChI=1S/C16H17NO2S/c1-11-9-13(19-2)5-8-15(11)17-16(18)10-12-3-6-14(20)7-4-12/h3-9,20H,10H2,1-2H3,(H,17,18). The molecule has 4 heteroatoms. The van der Waals surface area contributed by atoms with Crippen molar-refractivity contribution in [1.82, 2.24) is 0 Å². The SMILES string of the molecule is COc1ccc(NC(=O)Cc2ccc(S)cc2)c(C)c1. The second-order valence-electron chi connectivity index (χ2n) is 4.57. The van der Waals surface area contributed by atoms with E-state index in [-0.39, 0.29) is 5.91 Å². The average Bonchev–Trinajstić information content (AvgIpc) is 2.43. The van der Waals surface area contributed by atoms with Gasteiger partial charge in [-0.1, -0.05) is 12.1 Å². The van der Waals surface area contributed by atoms with Gasteiger partial charge in [0.15, 0.2) is 0 Å². The number of carbonyl (C=O) groups is 1. The maximum Gasteiger partial charge on any atom is 0.228 e. The third kappa shape index (κ3) is 3.78. The minimum absolute atomic E-state index is 0.0369. The molecule has 0 atom stereocenters. The number of nitrogens with one attached hydrogen (secondary N) is 1. The van der Waals surface area contributed by atoms with Gasteiger partial charge in [-0.05, 0) is 48.4 Å². The van der Waals surface area contributed by atoms with Gasteiger partial charge in [0.25, 0.3) is 0 Å². The maximum atomic E-state index is 12.0. The van der Waals surface area contributed by atoms with Gasteiger partial charge >= 0.3 is 0 Å². The fraction of sp³-hybridized carbons (Fsp3) is 0.188. The van der Waals surface area contributed by atoms with Crippen LogP contribution in [0.2, 0.25) is 0 Å². The number of ether oxygens (including phenoxy) is 1. The normalized spacial score (nSPS) is 10.2. The van der Waals surface area contributed by atoms with Crippen LogP contribution in [0, 0.1) is 6.92 Å². The lowest BCUT2D eigenvalue weighted by atomic mass is 10.1. The van der Waals surface area contributed by atoms with E-state index >= 15 is 0 Å². The number of thiol groups is 1. The lowest BCUT2D eigenvalue weighted by molar-refractivity contribution is -0.115. The monoisotopic (exact) mass is 287 g/mol. The number of methoxy groups -OCH3 is 1. The van der Waals surface area contributed by atoms with Gasteiger partial charge in [0.05, 0.1) is 13.5 Å². The highest BCUT2D eigenvalue weighted by molar-refractivity contribution is 7.80. The van der Waals surface area contributed by atoms with Gasteiger partial charge < -0.3 is 10.1 Å². The number of amides is 1. The van der Waals surface area contributed by atoms with Crippen LogP contribution in [0.1, 0.15) is 11.1 Å². The van der Waals surface area contributed by atoms with Crippen molar-refractivity contribution in [3.8, 4) is 5.75 Å². The number of hydrogen-bond donors (Lipinski definition) is 2. The number of hydrogen-bond acceptors (Lipinski definition) is 3. The highest BCUT2D eigenvalue weighted by Gasteiger charge is 2.06. The number of rotatable bonds is 4. The Balaban J connectivity index is 2.02. The van der Waals surface area contributed by atoms with E-state index < -0.39 is 0 Å². The second-order valence-corrected chi connectivity index (χ2v) is 5.09. The van der Waals surface area contributed by atoms with Crippen molar-refractivity contribution in [2.24, 2.45) is 0 Å². The Kier molecular flexibility index (Phi) is 4.69. The first-order valence-corrected chi connectivity index (χ1v) is 6.75. The van der Waals surface area contributed by atoms with Crippen molar-refractivity contribution in [2.45, 2.75) is 18.2 Å². The zero-order chi connectivity index (χ0) is 14.5. The van der Waals surface area contributed by atoms with Crippen LogP contribution < -0.4 is 10.1 Å². The fourth-order valence-corrected chi connectivity index (χ4v) is 2.05. The molecule has 0 aliphatic rings. The van der Waals surface area contributed by atoms with E-state index in [0.29, 0.717) is 6.42 Å². The lowest BCUT2D eigenvalue weighted by Gasteiger charge is -2.10. The molecule has 0 aliphatic carbocycles. The van der Waals surface area contributed by atoms with Crippen LogP contribution in [-0.2, 0) is 11.2 Å². The molecule has 0 spiro atoms. The summed E-state index contributed by atoms with van der Waals surface area (Å²) in [7, 11) is 1.62. The van der Waals surface area contributed by atoms with Crippen molar-refractivity contribution < 1.29 is 9.53 Å². The Morgan fingerprint density at radius 1 is 1.20 bits per heavy atom. The highest BCUT2D eigenvalue weighted by atomic mass is 32.1. The summed E-state index contributed by atoms with van der Waals surface area (Å²) in [5, 5.41) is 2.91. The molecule has 2 aromatic rings. The highest BCUT2D eigenvalue weighted by Crippen LogP contribution is 2.21. The molecule has 0 fully saturated rings. The topological polar surface area (TPSA) is 38.3 Å². The van der Waals surface area contributed by atoms with Gasteiger partial charge in [-0.15, -0.1) is 12.6 Å². The Bertz CT molecular complexity index is 608. The summed E-state index contributed by atoms with van der Waals surface area (Å²) in [4.78, 5) is 12.9. The minimum Gasteiger partial charge on any atom is -0.497 e. The van der Waals surface area contributed by atoms with Crippen molar-refractivity contribution in [3.05, 3.63) is 53.6 Å². The molecule has 0 saturated carbocycles. The summed E-state index contributed by atoms with van der Waals surface area (Å²) in [6, 6.07) is 13.1. The zero-order valence-electron chi connectivity index (χ0n) is 11.5. The van der Waals surface area contributed by atoms with Crippen LogP contribution in [0.5, 0.6) is 5.75 Å². The largest absolute Gasteiger partial charge is 0.497 e. The zero-order valence-corrected chi connectivity index (χ0v) is 12.4. The molecule has 104 valence electrons. The first-order valence-electron chi connectivity index (χ1n) is 6.31. The van der Waals surface area contributed by atoms with Crippen LogP contribution in [0.3, 0.4) is 0 Å². The van der Waals surface area contributed by atoms with E-state index in [2.05, 4.69) is 17.9 Å². The number of carbonyl (C=O) groups excluding carboxylic acids is 1. The van der Waals surface area contributed by atoms with Crippen molar-refractivity contribution >= 4 is 24.2 Å². The van der Waals surface area contributed by atoms with Gasteiger partial charge in [-0.25, -0.2) is 0 Å². The van der Waals surface area contributed by atoms with Crippen LogP contribution in [0.25, 0.3) is 0 Å². The van der Waals surface area contributed by atoms with Gasteiger partial charge in [-0.2, -0.15) is 0 Å².